The Morgan fingerprint density at radius 1 is 1.36 bits per heavy atom. The van der Waals surface area contributed by atoms with Crippen LogP contribution in [0.2, 0.25) is 0 Å². The molecule has 0 aliphatic rings. The van der Waals surface area contributed by atoms with Crippen molar-refractivity contribution in [1.82, 2.24) is 10.2 Å². The van der Waals surface area contributed by atoms with Crippen LogP contribution in [0.25, 0.3) is 0 Å². The van der Waals surface area contributed by atoms with Gasteiger partial charge in [-0.05, 0) is 5.92 Å². The zero-order valence-corrected chi connectivity index (χ0v) is 8.91. The Morgan fingerprint density at radius 2 is 1.93 bits per heavy atom. The van der Waals surface area contributed by atoms with Crippen LogP contribution in [-0.4, -0.2) is 48.6 Å². The van der Waals surface area contributed by atoms with Crippen LogP contribution in [-0.2, 0) is 9.59 Å². The van der Waals surface area contributed by atoms with Crippen LogP contribution >= 0.6 is 0 Å². The van der Waals surface area contributed by atoms with E-state index < -0.39 is 5.97 Å². The minimum atomic E-state index is -0.908. The van der Waals surface area contributed by atoms with Crippen LogP contribution in [0.5, 0.6) is 0 Å². The van der Waals surface area contributed by atoms with E-state index in [2.05, 4.69) is 5.32 Å². The number of aliphatic carboxylic acids is 1. The van der Waals surface area contributed by atoms with Gasteiger partial charge in [-0.2, -0.15) is 0 Å². The van der Waals surface area contributed by atoms with Gasteiger partial charge in [0.15, 0.2) is 0 Å². The highest BCUT2D eigenvalue weighted by molar-refractivity contribution is 5.78. The molecule has 0 heterocycles. The zero-order valence-electron chi connectivity index (χ0n) is 8.91. The lowest BCUT2D eigenvalue weighted by Crippen LogP contribution is -2.40. The van der Waals surface area contributed by atoms with Crippen LogP contribution in [0.15, 0.2) is 0 Å². The Balaban J connectivity index is 4.09. The lowest BCUT2D eigenvalue weighted by atomic mass is 10.2. The molecule has 0 aromatic carbocycles. The van der Waals surface area contributed by atoms with Crippen molar-refractivity contribution in [3.8, 4) is 0 Å². The van der Waals surface area contributed by atoms with Crippen molar-refractivity contribution < 1.29 is 14.7 Å². The van der Waals surface area contributed by atoms with Crippen LogP contribution < -0.4 is 5.32 Å². The molecular formula is C9H18N2O3. The van der Waals surface area contributed by atoms with E-state index in [0.717, 1.165) is 0 Å². The first-order chi connectivity index (χ1) is 6.45. The summed E-state index contributed by atoms with van der Waals surface area (Å²) in [7, 11) is 1.54. The number of nitrogens with one attached hydrogen (secondary N) is 1. The summed E-state index contributed by atoms with van der Waals surface area (Å²) in [5, 5.41) is 11.1. The summed E-state index contributed by atoms with van der Waals surface area (Å²) in [5.41, 5.74) is 0. The van der Waals surface area contributed by atoms with E-state index in [1.165, 1.54) is 7.05 Å². The van der Waals surface area contributed by atoms with Crippen molar-refractivity contribution >= 4 is 11.9 Å². The largest absolute Gasteiger partial charge is 0.480 e. The van der Waals surface area contributed by atoms with Gasteiger partial charge in [0.25, 0.3) is 0 Å². The number of carboxylic acid groups (broad SMARTS) is 1. The molecule has 0 aromatic heterocycles. The molecule has 0 bridgehead atoms. The van der Waals surface area contributed by atoms with Crippen molar-refractivity contribution in [2.75, 3.05) is 26.7 Å². The highest BCUT2D eigenvalue weighted by Gasteiger charge is 2.13. The average molecular weight is 202 g/mol. The molecular weight excluding hydrogens is 184 g/mol. The van der Waals surface area contributed by atoms with Gasteiger partial charge in [0.05, 0.1) is 13.1 Å². The summed E-state index contributed by atoms with van der Waals surface area (Å²) in [6.45, 7) is 4.63. The highest BCUT2D eigenvalue weighted by atomic mass is 16.4. The first-order valence-electron chi connectivity index (χ1n) is 4.60. The standard InChI is InChI=1S/C9H18N2O3/c1-7(2)4-11(6-9(13)14)5-8(12)10-3/h7H,4-6H2,1-3H3,(H,10,12)(H,13,14). The smallest absolute Gasteiger partial charge is 0.317 e. The summed E-state index contributed by atoms with van der Waals surface area (Å²) in [6.07, 6.45) is 0. The van der Waals surface area contributed by atoms with Gasteiger partial charge in [-0.1, -0.05) is 13.8 Å². The maximum absolute atomic E-state index is 11.0. The predicted octanol–water partition coefficient (Wildman–Crippen LogP) is -0.225. The fourth-order valence-corrected chi connectivity index (χ4v) is 1.17. The van der Waals surface area contributed by atoms with E-state index in [-0.39, 0.29) is 19.0 Å². The number of carbonyl (C=O) groups is 2. The van der Waals surface area contributed by atoms with E-state index in [1.54, 1.807) is 4.90 Å². The SMILES string of the molecule is CNC(=O)CN(CC(=O)O)CC(C)C. The number of hydrogen-bond acceptors (Lipinski definition) is 3. The fraction of sp³-hybridized carbons (Fsp3) is 0.778. The number of nitrogens with zero attached hydrogens (tertiary/aromatic N) is 1. The van der Waals surface area contributed by atoms with E-state index in [4.69, 9.17) is 5.11 Å². The molecule has 0 unspecified atom stereocenters. The van der Waals surface area contributed by atoms with Gasteiger partial charge in [-0.15, -0.1) is 0 Å². The van der Waals surface area contributed by atoms with E-state index in [0.29, 0.717) is 12.5 Å². The van der Waals surface area contributed by atoms with Gasteiger partial charge in [-0.25, -0.2) is 0 Å². The second-order valence-electron chi connectivity index (χ2n) is 3.63. The monoisotopic (exact) mass is 202 g/mol. The molecule has 0 atom stereocenters. The van der Waals surface area contributed by atoms with Gasteiger partial charge in [0.2, 0.25) is 5.91 Å². The molecule has 0 fully saturated rings. The Labute approximate surface area is 84.1 Å². The molecule has 2 N–H and O–H groups in total. The maximum atomic E-state index is 11.0. The van der Waals surface area contributed by atoms with Crippen molar-refractivity contribution in [2.24, 2.45) is 5.92 Å². The van der Waals surface area contributed by atoms with Gasteiger partial charge < -0.3 is 10.4 Å². The fourth-order valence-electron chi connectivity index (χ4n) is 1.17. The quantitative estimate of drug-likeness (QED) is 0.624. The molecule has 0 aliphatic carbocycles. The second-order valence-corrected chi connectivity index (χ2v) is 3.63. The molecule has 0 spiro atoms. The molecule has 1 amide bonds. The summed E-state index contributed by atoms with van der Waals surface area (Å²) in [4.78, 5) is 23.1. The highest BCUT2D eigenvalue weighted by Crippen LogP contribution is 1.97. The Morgan fingerprint density at radius 3 is 2.29 bits per heavy atom. The molecule has 14 heavy (non-hydrogen) atoms. The average Bonchev–Trinajstić information content (AvgIpc) is 2.01. The summed E-state index contributed by atoms with van der Waals surface area (Å²) < 4.78 is 0. The molecule has 0 aliphatic heterocycles. The summed E-state index contributed by atoms with van der Waals surface area (Å²) in [6, 6.07) is 0. The first-order valence-corrected chi connectivity index (χ1v) is 4.60. The third-order valence-electron chi connectivity index (χ3n) is 1.63. The predicted molar refractivity (Wildman–Crippen MR) is 53.0 cm³/mol. The molecule has 82 valence electrons. The van der Waals surface area contributed by atoms with Crippen molar-refractivity contribution in [3.05, 3.63) is 0 Å². The number of amides is 1. The maximum Gasteiger partial charge on any atom is 0.317 e. The minimum Gasteiger partial charge on any atom is -0.480 e. The van der Waals surface area contributed by atoms with E-state index >= 15 is 0 Å². The molecule has 0 saturated heterocycles. The first kappa shape index (κ1) is 12.9. The summed E-state index contributed by atoms with van der Waals surface area (Å²) >= 11 is 0. The van der Waals surface area contributed by atoms with Crippen molar-refractivity contribution in [2.45, 2.75) is 13.8 Å². The van der Waals surface area contributed by atoms with Gasteiger partial charge >= 0.3 is 5.97 Å². The minimum absolute atomic E-state index is 0.0917. The third-order valence-corrected chi connectivity index (χ3v) is 1.63. The molecule has 0 rings (SSSR count). The normalized spacial score (nSPS) is 10.6. The zero-order chi connectivity index (χ0) is 11.1. The second kappa shape index (κ2) is 6.37. The molecule has 0 radical (unpaired) electrons. The van der Waals surface area contributed by atoms with Crippen LogP contribution in [0.1, 0.15) is 13.8 Å². The van der Waals surface area contributed by atoms with Gasteiger partial charge in [0.1, 0.15) is 0 Å². The van der Waals surface area contributed by atoms with Gasteiger partial charge in [-0.3, -0.25) is 14.5 Å². The Kier molecular flexibility index (Phi) is 5.87. The van der Waals surface area contributed by atoms with Crippen molar-refractivity contribution in [1.29, 1.82) is 0 Å². The molecule has 5 heteroatoms. The Hall–Kier alpha value is -1.10. The number of rotatable bonds is 6. The summed E-state index contributed by atoms with van der Waals surface area (Å²) in [5.74, 6) is -0.722. The molecule has 5 nitrogen and oxygen atoms in total. The lowest BCUT2D eigenvalue weighted by Gasteiger charge is -2.20. The topological polar surface area (TPSA) is 69.6 Å². The van der Waals surface area contributed by atoms with Crippen LogP contribution in [0.4, 0.5) is 0 Å². The lowest BCUT2D eigenvalue weighted by molar-refractivity contribution is -0.138. The molecule has 0 aromatic rings. The van der Waals surface area contributed by atoms with Crippen LogP contribution in [0, 0.1) is 5.92 Å². The van der Waals surface area contributed by atoms with Crippen LogP contribution in [0.3, 0.4) is 0 Å². The number of carbonyl (C=O) groups excluding carboxylic acids is 1. The van der Waals surface area contributed by atoms with E-state index in [9.17, 15) is 9.59 Å². The number of hydrogen-bond donors (Lipinski definition) is 2. The van der Waals surface area contributed by atoms with Crippen molar-refractivity contribution in [3.63, 3.8) is 0 Å². The van der Waals surface area contributed by atoms with E-state index in [1.807, 2.05) is 13.8 Å². The number of likely N-dealkylation sites (N-methyl/N-ethyl adjacent to an activating group) is 1. The Bertz CT molecular complexity index is 204. The number of carboxylic acids is 1. The third kappa shape index (κ3) is 6.42. The molecule has 0 saturated carbocycles. The van der Waals surface area contributed by atoms with Gasteiger partial charge in [0, 0.05) is 13.6 Å².